The molecule has 11 heteroatoms. The van der Waals surface area contributed by atoms with Crippen LogP contribution in [0.2, 0.25) is 0 Å². The van der Waals surface area contributed by atoms with E-state index in [0.717, 1.165) is 17.0 Å². The summed E-state index contributed by atoms with van der Waals surface area (Å²) in [7, 11) is -3.59. The highest BCUT2D eigenvalue weighted by Gasteiger charge is 2.34. The number of piperidine rings is 1. The molecule has 160 valence electrons. The van der Waals surface area contributed by atoms with Crippen LogP contribution < -0.4 is 0 Å². The first-order valence-corrected chi connectivity index (χ1v) is 11.5. The molecule has 1 fully saturated rings. The van der Waals surface area contributed by atoms with E-state index in [0.29, 0.717) is 29.2 Å². The second-order valence-electron chi connectivity index (χ2n) is 7.09. The fourth-order valence-corrected chi connectivity index (χ4v) is 6.32. The highest BCUT2D eigenvalue weighted by Crippen LogP contribution is 2.34. The quantitative estimate of drug-likeness (QED) is 0.568. The van der Waals surface area contributed by atoms with Crippen molar-refractivity contribution in [2.24, 2.45) is 0 Å². The lowest BCUT2D eigenvalue weighted by Crippen LogP contribution is -2.38. The maximum Gasteiger partial charge on any atom is 0.416 e. The van der Waals surface area contributed by atoms with Gasteiger partial charge in [0.25, 0.3) is 10.0 Å². The van der Waals surface area contributed by atoms with E-state index in [1.807, 2.05) is 6.92 Å². The molecule has 0 radical (unpaired) electrons. The zero-order valence-electron chi connectivity index (χ0n) is 15.9. The van der Waals surface area contributed by atoms with Crippen molar-refractivity contribution in [3.63, 3.8) is 0 Å². The van der Waals surface area contributed by atoms with E-state index in [-0.39, 0.29) is 24.2 Å². The first-order valence-electron chi connectivity index (χ1n) is 9.22. The fraction of sp³-hybridized carbons (Fsp3) is 0.368. The molecule has 1 saturated heterocycles. The van der Waals surface area contributed by atoms with Gasteiger partial charge < -0.3 is 4.42 Å². The van der Waals surface area contributed by atoms with Crippen molar-refractivity contribution < 1.29 is 26.0 Å². The average molecular weight is 457 g/mol. The van der Waals surface area contributed by atoms with Crippen LogP contribution in [0.3, 0.4) is 0 Å². The number of benzene rings is 1. The summed E-state index contributed by atoms with van der Waals surface area (Å²) >= 11 is 1.23. The summed E-state index contributed by atoms with van der Waals surface area (Å²) in [5.41, 5.74) is -0.390. The van der Waals surface area contributed by atoms with Gasteiger partial charge in [0.05, 0.1) is 11.5 Å². The van der Waals surface area contributed by atoms with E-state index in [4.69, 9.17) is 4.42 Å². The molecule has 1 aromatic carbocycles. The van der Waals surface area contributed by atoms with Crippen LogP contribution in [0.15, 0.2) is 45.0 Å². The Morgan fingerprint density at radius 1 is 1.13 bits per heavy atom. The Bertz CT molecular complexity index is 1140. The summed E-state index contributed by atoms with van der Waals surface area (Å²) in [5, 5.41) is 7.96. The zero-order chi connectivity index (χ0) is 21.5. The van der Waals surface area contributed by atoms with Crippen molar-refractivity contribution in [3.05, 3.63) is 52.7 Å². The number of aryl methyl sites for hydroxylation is 1. The molecule has 2 aromatic heterocycles. The molecule has 3 aromatic rings. The van der Waals surface area contributed by atoms with Crippen molar-refractivity contribution in [1.82, 2.24) is 14.5 Å². The van der Waals surface area contributed by atoms with Crippen LogP contribution in [0, 0.1) is 6.92 Å². The molecule has 1 aliphatic rings. The predicted octanol–water partition coefficient (Wildman–Crippen LogP) is 4.69. The molecular weight excluding hydrogens is 439 g/mol. The minimum absolute atomic E-state index is 0.104. The molecule has 1 unspecified atom stereocenters. The van der Waals surface area contributed by atoms with Crippen molar-refractivity contribution in [2.75, 3.05) is 13.1 Å². The first-order chi connectivity index (χ1) is 14.1. The molecule has 1 atom stereocenters. The number of thiophene rings is 1. The second kappa shape index (κ2) is 7.78. The van der Waals surface area contributed by atoms with E-state index in [2.05, 4.69) is 10.2 Å². The Balaban J connectivity index is 1.52. The highest BCUT2D eigenvalue weighted by molar-refractivity contribution is 7.91. The third-order valence-electron chi connectivity index (χ3n) is 4.94. The van der Waals surface area contributed by atoms with Gasteiger partial charge in [-0.25, -0.2) is 8.42 Å². The molecule has 1 aliphatic heterocycles. The van der Waals surface area contributed by atoms with Crippen LogP contribution in [0.25, 0.3) is 11.5 Å². The Labute approximate surface area is 175 Å². The molecule has 0 bridgehead atoms. The standard InChI is InChI=1S/C19H18F3N3O3S2/c1-12-4-9-16(29-12)30(26,27)25-10-2-3-14(11-25)18-24-23-17(28-18)13-5-7-15(8-6-13)19(20,21)22/h4-9,14H,2-3,10-11H2,1H3. The smallest absolute Gasteiger partial charge is 0.416 e. The maximum absolute atomic E-state index is 12.9. The monoisotopic (exact) mass is 457 g/mol. The van der Waals surface area contributed by atoms with Crippen molar-refractivity contribution in [2.45, 2.75) is 36.1 Å². The molecule has 4 rings (SSSR count). The van der Waals surface area contributed by atoms with Gasteiger partial charge in [-0.3, -0.25) is 0 Å². The minimum atomic E-state index is -4.42. The second-order valence-corrected chi connectivity index (χ2v) is 10.5. The topological polar surface area (TPSA) is 76.3 Å². The summed E-state index contributed by atoms with van der Waals surface area (Å²) in [5.74, 6) is 0.116. The SMILES string of the molecule is Cc1ccc(S(=O)(=O)N2CCCC(c3nnc(-c4ccc(C(F)(F)F)cc4)o3)C2)s1. The number of aromatic nitrogens is 2. The van der Waals surface area contributed by atoms with Crippen LogP contribution in [0.5, 0.6) is 0 Å². The van der Waals surface area contributed by atoms with E-state index in [1.54, 1.807) is 12.1 Å². The molecule has 0 spiro atoms. The number of hydrogen-bond acceptors (Lipinski definition) is 6. The van der Waals surface area contributed by atoms with Crippen LogP contribution in [0.4, 0.5) is 13.2 Å². The molecule has 0 N–H and O–H groups in total. The fourth-order valence-electron chi connectivity index (χ4n) is 3.36. The average Bonchev–Trinajstić information content (AvgIpc) is 3.37. The number of rotatable bonds is 4. The minimum Gasteiger partial charge on any atom is -0.420 e. The Hall–Kier alpha value is -2.24. The zero-order valence-corrected chi connectivity index (χ0v) is 17.5. The van der Waals surface area contributed by atoms with Crippen LogP contribution in [0.1, 0.15) is 35.1 Å². The van der Waals surface area contributed by atoms with Gasteiger partial charge in [0.2, 0.25) is 11.8 Å². The van der Waals surface area contributed by atoms with E-state index >= 15 is 0 Å². The van der Waals surface area contributed by atoms with E-state index < -0.39 is 21.8 Å². The molecule has 3 heterocycles. The third kappa shape index (κ3) is 4.14. The van der Waals surface area contributed by atoms with Crippen LogP contribution >= 0.6 is 11.3 Å². The maximum atomic E-state index is 12.9. The van der Waals surface area contributed by atoms with Gasteiger partial charge in [-0.1, -0.05) is 0 Å². The summed E-state index contributed by atoms with van der Waals surface area (Å²) < 4.78 is 71.4. The van der Waals surface area contributed by atoms with Gasteiger partial charge >= 0.3 is 6.18 Å². The lowest BCUT2D eigenvalue weighted by molar-refractivity contribution is -0.137. The summed E-state index contributed by atoms with van der Waals surface area (Å²) in [6.07, 6.45) is -3.09. The van der Waals surface area contributed by atoms with Gasteiger partial charge in [-0.05, 0) is 56.2 Å². The summed E-state index contributed by atoms with van der Waals surface area (Å²) in [6.45, 7) is 2.48. The van der Waals surface area contributed by atoms with Crippen molar-refractivity contribution >= 4 is 21.4 Å². The lowest BCUT2D eigenvalue weighted by atomic mass is 10.00. The van der Waals surface area contributed by atoms with Gasteiger partial charge in [-0.15, -0.1) is 21.5 Å². The molecule has 0 saturated carbocycles. The van der Waals surface area contributed by atoms with Gasteiger partial charge in [0.15, 0.2) is 0 Å². The summed E-state index contributed by atoms with van der Waals surface area (Å²) in [6, 6.07) is 7.84. The molecule has 30 heavy (non-hydrogen) atoms. The number of alkyl halides is 3. The largest absolute Gasteiger partial charge is 0.420 e. The predicted molar refractivity (Wildman–Crippen MR) is 105 cm³/mol. The summed E-state index contributed by atoms with van der Waals surface area (Å²) in [4.78, 5) is 0.917. The van der Waals surface area contributed by atoms with E-state index in [1.165, 1.54) is 27.8 Å². The molecule has 6 nitrogen and oxygen atoms in total. The first kappa shape index (κ1) is 21.0. The van der Waals surface area contributed by atoms with Crippen molar-refractivity contribution in [3.8, 4) is 11.5 Å². The molecular formula is C19H18F3N3O3S2. The number of sulfonamides is 1. The molecule has 0 aliphatic carbocycles. The highest BCUT2D eigenvalue weighted by atomic mass is 32.2. The number of halogens is 3. The van der Waals surface area contributed by atoms with Gasteiger partial charge in [0.1, 0.15) is 4.21 Å². The van der Waals surface area contributed by atoms with E-state index in [9.17, 15) is 21.6 Å². The van der Waals surface area contributed by atoms with Crippen LogP contribution in [-0.2, 0) is 16.2 Å². The normalized spacial score (nSPS) is 18.6. The van der Waals surface area contributed by atoms with Gasteiger partial charge in [-0.2, -0.15) is 17.5 Å². The number of nitrogens with zero attached hydrogens (tertiary/aromatic N) is 3. The molecule has 0 amide bonds. The Morgan fingerprint density at radius 3 is 2.50 bits per heavy atom. The Kier molecular flexibility index (Phi) is 5.45. The van der Waals surface area contributed by atoms with Crippen LogP contribution in [-0.4, -0.2) is 36.0 Å². The number of hydrogen-bond donors (Lipinski definition) is 0. The van der Waals surface area contributed by atoms with Gasteiger partial charge in [0, 0.05) is 23.5 Å². The Morgan fingerprint density at radius 2 is 1.87 bits per heavy atom. The lowest BCUT2D eigenvalue weighted by Gasteiger charge is -2.29. The third-order valence-corrected chi connectivity index (χ3v) is 8.28. The van der Waals surface area contributed by atoms with Crippen molar-refractivity contribution in [1.29, 1.82) is 0 Å².